The second-order valence-corrected chi connectivity index (χ2v) is 9.58. The Balaban J connectivity index is 1.92. The van der Waals surface area contributed by atoms with Gasteiger partial charge in [0.25, 0.3) is 0 Å². The van der Waals surface area contributed by atoms with Gasteiger partial charge in [0.2, 0.25) is 5.91 Å². The zero-order valence-electron chi connectivity index (χ0n) is 18.4. The molecule has 160 valence electrons. The Morgan fingerprint density at radius 2 is 2.00 bits per heavy atom. The van der Waals surface area contributed by atoms with Crippen LogP contribution >= 0.6 is 0 Å². The quantitative estimate of drug-likeness (QED) is 0.741. The first-order valence-corrected chi connectivity index (χ1v) is 10.8. The topological polar surface area (TPSA) is 75.6 Å². The highest BCUT2D eigenvalue weighted by Gasteiger charge is 2.55. The molecular weight excluding hydrogens is 366 g/mol. The zero-order chi connectivity index (χ0) is 21.4. The number of hydrogen-bond acceptors (Lipinski definition) is 4. The van der Waals surface area contributed by atoms with Crippen LogP contribution in [0.3, 0.4) is 0 Å². The summed E-state index contributed by atoms with van der Waals surface area (Å²) in [4.78, 5) is 25.2. The molecule has 2 aliphatic carbocycles. The van der Waals surface area contributed by atoms with E-state index in [2.05, 4.69) is 44.3 Å². The third kappa shape index (κ3) is 3.70. The van der Waals surface area contributed by atoms with Crippen LogP contribution in [-0.4, -0.2) is 36.7 Å². The van der Waals surface area contributed by atoms with Crippen molar-refractivity contribution in [3.05, 3.63) is 34.9 Å². The van der Waals surface area contributed by atoms with E-state index in [1.54, 1.807) is 0 Å². The summed E-state index contributed by atoms with van der Waals surface area (Å²) in [6.45, 7) is 8.31. The van der Waals surface area contributed by atoms with E-state index in [-0.39, 0.29) is 17.2 Å². The molecule has 0 spiro atoms. The average Bonchev–Trinajstić information content (AvgIpc) is 2.70. The third-order valence-corrected chi connectivity index (χ3v) is 7.54. The fraction of sp³-hybridized carbons (Fsp3) is 0.667. The van der Waals surface area contributed by atoms with Crippen molar-refractivity contribution in [1.82, 2.24) is 5.32 Å². The highest BCUT2D eigenvalue weighted by atomic mass is 16.5. The Hall–Kier alpha value is -1.88. The van der Waals surface area contributed by atoms with E-state index in [1.807, 2.05) is 6.92 Å². The largest absolute Gasteiger partial charge is 0.467 e. The van der Waals surface area contributed by atoms with E-state index in [9.17, 15) is 14.7 Å². The van der Waals surface area contributed by atoms with Crippen LogP contribution in [0.15, 0.2) is 18.2 Å². The number of aliphatic hydroxyl groups excluding tert-OH is 1. The maximum atomic E-state index is 13.3. The Bertz CT molecular complexity index is 789. The average molecular weight is 402 g/mol. The van der Waals surface area contributed by atoms with Gasteiger partial charge in [0, 0.05) is 0 Å². The molecule has 0 heterocycles. The number of aryl methyl sites for hydroxylation is 1. The van der Waals surface area contributed by atoms with Crippen LogP contribution < -0.4 is 5.32 Å². The molecule has 5 heteroatoms. The fourth-order valence-electron chi connectivity index (χ4n) is 5.79. The van der Waals surface area contributed by atoms with E-state index < -0.39 is 24.0 Å². The van der Waals surface area contributed by atoms with Gasteiger partial charge in [-0.2, -0.15) is 0 Å². The monoisotopic (exact) mass is 401 g/mol. The molecule has 0 saturated heterocycles. The van der Waals surface area contributed by atoms with Crippen LogP contribution in [0.4, 0.5) is 0 Å². The van der Waals surface area contributed by atoms with Gasteiger partial charge >= 0.3 is 5.97 Å². The lowest BCUT2D eigenvalue weighted by molar-refractivity contribution is -0.150. The molecule has 2 aliphatic rings. The Labute approximate surface area is 174 Å². The van der Waals surface area contributed by atoms with Crippen molar-refractivity contribution in [1.29, 1.82) is 0 Å². The molecule has 1 amide bonds. The molecule has 0 unspecified atom stereocenters. The van der Waals surface area contributed by atoms with Gasteiger partial charge < -0.3 is 15.2 Å². The van der Waals surface area contributed by atoms with E-state index in [0.29, 0.717) is 5.92 Å². The molecular formula is C24H35NO4. The summed E-state index contributed by atoms with van der Waals surface area (Å²) in [5, 5.41) is 12.3. The standard InChI is InChI=1S/C24H35NO4/c1-15(2)16-7-9-18-17(13-16)8-10-20-23(18,3)11-6-12-24(20,4)22(28)25-19(14-26)21(27)29-5/h7,9,13,15,19-20,26H,6,8,10-12,14H2,1-5H3,(H,25,28)/t19-,20+,23+,24+/m0/s1. The Morgan fingerprint density at radius 1 is 1.28 bits per heavy atom. The molecule has 1 aromatic rings. The zero-order valence-corrected chi connectivity index (χ0v) is 18.4. The molecule has 5 nitrogen and oxygen atoms in total. The highest BCUT2D eigenvalue weighted by molar-refractivity contribution is 5.88. The van der Waals surface area contributed by atoms with Gasteiger partial charge in [-0.15, -0.1) is 0 Å². The molecule has 29 heavy (non-hydrogen) atoms. The van der Waals surface area contributed by atoms with Gasteiger partial charge in [-0.1, -0.05) is 52.3 Å². The van der Waals surface area contributed by atoms with Crippen LogP contribution in [0.1, 0.15) is 76.0 Å². The number of rotatable bonds is 5. The van der Waals surface area contributed by atoms with Crippen molar-refractivity contribution in [3.8, 4) is 0 Å². The van der Waals surface area contributed by atoms with Gasteiger partial charge in [0.15, 0.2) is 6.04 Å². The number of methoxy groups -OCH3 is 1. The lowest BCUT2D eigenvalue weighted by atomic mass is 9.49. The number of ether oxygens (including phenoxy) is 1. The third-order valence-electron chi connectivity index (χ3n) is 7.54. The van der Waals surface area contributed by atoms with E-state index in [4.69, 9.17) is 4.74 Å². The maximum Gasteiger partial charge on any atom is 0.330 e. The second-order valence-electron chi connectivity index (χ2n) is 9.58. The van der Waals surface area contributed by atoms with Crippen LogP contribution in [0.5, 0.6) is 0 Å². The minimum atomic E-state index is -1.01. The molecule has 0 aliphatic heterocycles. The molecule has 2 N–H and O–H groups in total. The molecule has 0 aromatic heterocycles. The number of carbonyl (C=O) groups is 2. The van der Waals surface area contributed by atoms with Crippen molar-refractivity contribution in [2.24, 2.45) is 11.3 Å². The van der Waals surface area contributed by atoms with Crippen LogP contribution in [0.2, 0.25) is 0 Å². The van der Waals surface area contributed by atoms with Crippen LogP contribution in [0.25, 0.3) is 0 Å². The number of hydrogen-bond donors (Lipinski definition) is 2. The predicted octanol–water partition coefficient (Wildman–Crippen LogP) is 3.47. The van der Waals surface area contributed by atoms with Gasteiger partial charge in [0.1, 0.15) is 0 Å². The van der Waals surface area contributed by atoms with E-state index >= 15 is 0 Å². The summed E-state index contributed by atoms with van der Waals surface area (Å²) in [5.74, 6) is -0.0709. The second kappa shape index (κ2) is 8.10. The summed E-state index contributed by atoms with van der Waals surface area (Å²) >= 11 is 0. The summed E-state index contributed by atoms with van der Waals surface area (Å²) < 4.78 is 4.71. The minimum absolute atomic E-state index is 0.0621. The number of nitrogens with one attached hydrogen (secondary N) is 1. The first-order valence-electron chi connectivity index (χ1n) is 10.8. The van der Waals surface area contributed by atoms with Crippen LogP contribution in [-0.2, 0) is 26.2 Å². The summed E-state index contributed by atoms with van der Waals surface area (Å²) in [6.07, 6.45) is 4.74. The predicted molar refractivity (Wildman–Crippen MR) is 113 cm³/mol. The number of esters is 1. The first kappa shape index (κ1) is 21.8. The fourth-order valence-corrected chi connectivity index (χ4v) is 5.79. The first-order chi connectivity index (χ1) is 13.7. The van der Waals surface area contributed by atoms with Gasteiger partial charge in [0.05, 0.1) is 19.1 Å². The van der Waals surface area contributed by atoms with Crippen molar-refractivity contribution >= 4 is 11.9 Å². The van der Waals surface area contributed by atoms with E-state index in [1.165, 1.54) is 23.8 Å². The van der Waals surface area contributed by atoms with Gasteiger partial charge in [-0.05, 0) is 59.6 Å². The van der Waals surface area contributed by atoms with Crippen molar-refractivity contribution in [3.63, 3.8) is 0 Å². The van der Waals surface area contributed by atoms with Crippen molar-refractivity contribution in [2.75, 3.05) is 13.7 Å². The molecule has 1 fully saturated rings. The highest BCUT2D eigenvalue weighted by Crippen LogP contribution is 2.57. The van der Waals surface area contributed by atoms with Crippen LogP contribution in [0, 0.1) is 11.3 Å². The number of aliphatic hydroxyl groups is 1. The van der Waals surface area contributed by atoms with Gasteiger partial charge in [-0.3, -0.25) is 4.79 Å². The number of fused-ring (bicyclic) bond motifs is 3. The molecule has 1 saturated carbocycles. The normalized spacial score (nSPS) is 29.6. The molecule has 0 bridgehead atoms. The maximum absolute atomic E-state index is 13.3. The summed E-state index contributed by atoms with van der Waals surface area (Å²) in [5.41, 5.74) is 3.52. The summed E-state index contributed by atoms with van der Waals surface area (Å²) in [6, 6.07) is 5.86. The number of carbonyl (C=O) groups excluding carboxylic acids is 2. The molecule has 0 radical (unpaired) electrons. The van der Waals surface area contributed by atoms with Crippen molar-refractivity contribution in [2.45, 2.75) is 77.2 Å². The smallest absolute Gasteiger partial charge is 0.330 e. The van der Waals surface area contributed by atoms with E-state index in [0.717, 1.165) is 32.1 Å². The molecule has 3 rings (SSSR count). The Morgan fingerprint density at radius 3 is 2.62 bits per heavy atom. The lowest BCUT2D eigenvalue weighted by Crippen LogP contribution is -2.58. The SMILES string of the molecule is COC(=O)[C@H](CO)NC(=O)[C@]1(C)CCC[C@]2(C)c3ccc(C(C)C)cc3CC[C@@H]12. The molecule has 1 aromatic carbocycles. The van der Waals surface area contributed by atoms with Gasteiger partial charge in [-0.25, -0.2) is 4.79 Å². The minimum Gasteiger partial charge on any atom is -0.467 e. The molecule has 4 atom stereocenters. The lowest BCUT2D eigenvalue weighted by Gasteiger charge is -2.54. The number of benzene rings is 1. The van der Waals surface area contributed by atoms with Crippen molar-refractivity contribution < 1.29 is 19.4 Å². The summed E-state index contributed by atoms with van der Waals surface area (Å²) in [7, 11) is 1.26. The Kier molecular flexibility index (Phi) is 6.09. The number of amides is 1.